The van der Waals surface area contributed by atoms with E-state index in [2.05, 4.69) is 4.90 Å². The summed E-state index contributed by atoms with van der Waals surface area (Å²) in [5, 5.41) is 0. The molecule has 3 rings (SSSR count). The van der Waals surface area contributed by atoms with Crippen LogP contribution in [0.5, 0.6) is 0 Å². The minimum absolute atomic E-state index is 0.385. The van der Waals surface area contributed by atoms with Gasteiger partial charge in [-0.05, 0) is 74.2 Å². The van der Waals surface area contributed by atoms with Gasteiger partial charge in [-0.25, -0.2) is 0 Å². The Morgan fingerprint density at radius 2 is 1.83 bits per heavy atom. The van der Waals surface area contributed by atoms with Gasteiger partial charge in [0.25, 0.3) is 0 Å². The van der Waals surface area contributed by atoms with Gasteiger partial charge in [-0.1, -0.05) is 6.07 Å². The molecule has 0 bridgehead atoms. The number of fused-ring (bicyclic) bond motifs is 1. The standard InChI is InChI=1S/C18H25F3N2/c19-18(20,21)16-4-3-15-12-23(10-8-14(15)11-16)9-7-13-1-5-17(22)6-2-13/h3-4,11,13,17H,1-2,5-10,12,22H2. The fourth-order valence-corrected chi connectivity index (χ4v) is 3.82. The van der Waals surface area contributed by atoms with Crippen LogP contribution in [0.2, 0.25) is 0 Å². The molecule has 0 unspecified atom stereocenters. The maximum absolute atomic E-state index is 12.8. The summed E-state index contributed by atoms with van der Waals surface area (Å²) in [6, 6.07) is 4.58. The van der Waals surface area contributed by atoms with Crippen LogP contribution in [0.4, 0.5) is 13.2 Å². The number of nitrogens with two attached hydrogens (primary N) is 1. The van der Waals surface area contributed by atoms with Gasteiger partial charge in [0, 0.05) is 19.1 Å². The molecule has 0 saturated heterocycles. The van der Waals surface area contributed by atoms with Crippen molar-refractivity contribution < 1.29 is 13.2 Å². The highest BCUT2D eigenvalue weighted by Gasteiger charge is 2.31. The van der Waals surface area contributed by atoms with Gasteiger partial charge in [-0.15, -0.1) is 0 Å². The summed E-state index contributed by atoms with van der Waals surface area (Å²) in [5.74, 6) is 0.767. The average Bonchev–Trinajstić information content (AvgIpc) is 2.53. The van der Waals surface area contributed by atoms with Gasteiger partial charge in [0.2, 0.25) is 0 Å². The molecule has 2 nitrogen and oxygen atoms in total. The first-order chi connectivity index (χ1) is 10.9. The summed E-state index contributed by atoms with van der Waals surface area (Å²) in [6.07, 6.45) is 2.37. The van der Waals surface area contributed by atoms with E-state index in [0.29, 0.717) is 6.04 Å². The Morgan fingerprint density at radius 3 is 2.52 bits per heavy atom. The molecule has 1 aliphatic carbocycles. The molecule has 1 saturated carbocycles. The average molecular weight is 326 g/mol. The summed E-state index contributed by atoms with van der Waals surface area (Å²) in [6.45, 7) is 2.68. The first-order valence-electron chi connectivity index (χ1n) is 8.59. The Hall–Kier alpha value is -1.07. The summed E-state index contributed by atoms with van der Waals surface area (Å²) >= 11 is 0. The Labute approximate surface area is 135 Å². The van der Waals surface area contributed by atoms with E-state index in [0.717, 1.165) is 55.9 Å². The SMILES string of the molecule is NC1CCC(CCN2CCc3cc(C(F)(F)F)ccc3C2)CC1. The van der Waals surface area contributed by atoms with E-state index < -0.39 is 11.7 Å². The van der Waals surface area contributed by atoms with Crippen LogP contribution in [0.15, 0.2) is 18.2 Å². The van der Waals surface area contributed by atoms with Crippen LogP contribution in [0, 0.1) is 5.92 Å². The molecule has 0 spiro atoms. The highest BCUT2D eigenvalue weighted by atomic mass is 19.4. The number of nitrogens with zero attached hydrogens (tertiary/aromatic N) is 1. The second kappa shape index (κ2) is 6.81. The third-order valence-corrected chi connectivity index (χ3v) is 5.37. The minimum atomic E-state index is -4.24. The minimum Gasteiger partial charge on any atom is -0.328 e. The van der Waals surface area contributed by atoms with Crippen molar-refractivity contribution in [3.05, 3.63) is 34.9 Å². The molecule has 1 aromatic carbocycles. The summed E-state index contributed by atoms with van der Waals surface area (Å²) in [5.41, 5.74) is 7.33. The molecule has 23 heavy (non-hydrogen) atoms. The third-order valence-electron chi connectivity index (χ3n) is 5.37. The second-order valence-electron chi connectivity index (χ2n) is 7.08. The van der Waals surface area contributed by atoms with Gasteiger partial charge in [0.15, 0.2) is 0 Å². The molecule has 1 aliphatic heterocycles. The predicted octanol–water partition coefficient (Wildman–Crippen LogP) is 3.97. The topological polar surface area (TPSA) is 29.3 Å². The van der Waals surface area contributed by atoms with Crippen LogP contribution >= 0.6 is 0 Å². The Balaban J connectivity index is 1.54. The van der Waals surface area contributed by atoms with E-state index in [-0.39, 0.29) is 0 Å². The van der Waals surface area contributed by atoms with Crippen molar-refractivity contribution in [1.29, 1.82) is 0 Å². The van der Waals surface area contributed by atoms with Gasteiger partial charge in [-0.3, -0.25) is 4.90 Å². The first-order valence-corrected chi connectivity index (χ1v) is 8.59. The highest BCUT2D eigenvalue weighted by Crippen LogP contribution is 2.32. The summed E-state index contributed by atoms with van der Waals surface area (Å²) < 4.78 is 38.3. The number of hydrogen-bond donors (Lipinski definition) is 1. The zero-order valence-corrected chi connectivity index (χ0v) is 13.4. The molecule has 0 amide bonds. The lowest BCUT2D eigenvalue weighted by molar-refractivity contribution is -0.137. The molecule has 0 radical (unpaired) electrons. The van der Waals surface area contributed by atoms with Crippen LogP contribution in [-0.4, -0.2) is 24.0 Å². The molecule has 128 valence electrons. The summed E-state index contributed by atoms with van der Waals surface area (Å²) in [4.78, 5) is 2.38. The second-order valence-corrected chi connectivity index (χ2v) is 7.08. The van der Waals surface area contributed by atoms with Crippen molar-refractivity contribution >= 4 is 0 Å². The van der Waals surface area contributed by atoms with Crippen LogP contribution in [-0.2, 0) is 19.1 Å². The molecule has 0 aromatic heterocycles. The number of alkyl halides is 3. The van der Waals surface area contributed by atoms with Gasteiger partial charge in [0.1, 0.15) is 0 Å². The quantitative estimate of drug-likeness (QED) is 0.910. The van der Waals surface area contributed by atoms with Crippen molar-refractivity contribution in [2.45, 2.75) is 57.3 Å². The van der Waals surface area contributed by atoms with Crippen molar-refractivity contribution in [2.75, 3.05) is 13.1 Å². The molecule has 5 heteroatoms. The van der Waals surface area contributed by atoms with E-state index in [4.69, 9.17) is 5.73 Å². The van der Waals surface area contributed by atoms with Crippen molar-refractivity contribution in [3.63, 3.8) is 0 Å². The van der Waals surface area contributed by atoms with E-state index in [1.165, 1.54) is 31.4 Å². The maximum atomic E-state index is 12.8. The van der Waals surface area contributed by atoms with Crippen molar-refractivity contribution in [1.82, 2.24) is 4.90 Å². The smallest absolute Gasteiger partial charge is 0.328 e. The number of halogens is 3. The highest BCUT2D eigenvalue weighted by molar-refractivity contribution is 5.35. The number of rotatable bonds is 3. The molecular weight excluding hydrogens is 301 g/mol. The van der Waals surface area contributed by atoms with Gasteiger partial charge in [0.05, 0.1) is 5.56 Å². The van der Waals surface area contributed by atoms with E-state index >= 15 is 0 Å². The van der Waals surface area contributed by atoms with Crippen molar-refractivity contribution in [2.24, 2.45) is 11.7 Å². The Kier molecular flexibility index (Phi) is 4.97. The summed E-state index contributed by atoms with van der Waals surface area (Å²) in [7, 11) is 0. The first kappa shape index (κ1) is 16.8. The van der Waals surface area contributed by atoms with Gasteiger partial charge < -0.3 is 5.73 Å². The van der Waals surface area contributed by atoms with Crippen LogP contribution in [0.25, 0.3) is 0 Å². The number of benzene rings is 1. The van der Waals surface area contributed by atoms with E-state index in [1.807, 2.05) is 0 Å². The molecule has 1 heterocycles. The zero-order valence-electron chi connectivity index (χ0n) is 13.4. The lowest BCUT2D eigenvalue weighted by Gasteiger charge is -2.32. The lowest BCUT2D eigenvalue weighted by Crippen LogP contribution is -2.33. The maximum Gasteiger partial charge on any atom is 0.416 e. The van der Waals surface area contributed by atoms with Crippen molar-refractivity contribution in [3.8, 4) is 0 Å². The van der Waals surface area contributed by atoms with Crippen LogP contribution < -0.4 is 5.73 Å². The zero-order chi connectivity index (χ0) is 16.4. The molecule has 1 aromatic rings. The molecule has 0 atom stereocenters. The lowest BCUT2D eigenvalue weighted by atomic mass is 9.84. The van der Waals surface area contributed by atoms with Gasteiger partial charge >= 0.3 is 6.18 Å². The Morgan fingerprint density at radius 1 is 1.09 bits per heavy atom. The molecular formula is C18H25F3N2. The fourth-order valence-electron chi connectivity index (χ4n) is 3.82. The largest absolute Gasteiger partial charge is 0.416 e. The molecule has 2 N–H and O–H groups in total. The van der Waals surface area contributed by atoms with Crippen LogP contribution in [0.3, 0.4) is 0 Å². The molecule has 2 aliphatic rings. The molecule has 1 fully saturated rings. The fraction of sp³-hybridized carbons (Fsp3) is 0.667. The van der Waals surface area contributed by atoms with Gasteiger partial charge in [-0.2, -0.15) is 13.2 Å². The monoisotopic (exact) mass is 326 g/mol. The normalized spacial score (nSPS) is 26.1. The van der Waals surface area contributed by atoms with E-state index in [1.54, 1.807) is 6.07 Å². The Bertz CT molecular complexity index is 534. The number of hydrogen-bond acceptors (Lipinski definition) is 2. The third kappa shape index (κ3) is 4.27. The van der Waals surface area contributed by atoms with Crippen LogP contribution in [0.1, 0.15) is 48.8 Å². The van der Waals surface area contributed by atoms with E-state index in [9.17, 15) is 13.2 Å². The predicted molar refractivity (Wildman–Crippen MR) is 85.0 cm³/mol.